The van der Waals surface area contributed by atoms with Crippen molar-refractivity contribution in [3.05, 3.63) is 35.6 Å². The molecule has 0 atom stereocenters. The van der Waals surface area contributed by atoms with Crippen molar-refractivity contribution >= 4 is 11.6 Å². The molecule has 0 aliphatic carbocycles. The lowest BCUT2D eigenvalue weighted by Gasteiger charge is -2.22. The lowest BCUT2D eigenvalue weighted by Crippen LogP contribution is -2.20. The monoisotopic (exact) mass is 186 g/mol. The van der Waals surface area contributed by atoms with Gasteiger partial charge >= 0.3 is 0 Å². The maximum Gasteiger partial charge on any atom is 0.126 e. The van der Waals surface area contributed by atoms with Crippen LogP contribution in [0.4, 0.5) is 4.39 Å². The molecule has 0 saturated carbocycles. The fourth-order valence-corrected chi connectivity index (χ4v) is 1.23. The van der Waals surface area contributed by atoms with Crippen molar-refractivity contribution in [2.24, 2.45) is 0 Å². The van der Waals surface area contributed by atoms with Gasteiger partial charge in [-0.15, -0.1) is 11.6 Å². The first-order chi connectivity index (χ1) is 5.58. The van der Waals surface area contributed by atoms with E-state index in [-0.39, 0.29) is 11.2 Å². The van der Waals surface area contributed by atoms with E-state index in [0.717, 1.165) is 0 Å². The van der Waals surface area contributed by atoms with Crippen LogP contribution in [0.3, 0.4) is 0 Å². The van der Waals surface area contributed by atoms with Crippen molar-refractivity contribution in [2.45, 2.75) is 19.3 Å². The number of benzene rings is 1. The Balaban J connectivity index is 3.10. The van der Waals surface area contributed by atoms with E-state index >= 15 is 0 Å². The first kappa shape index (κ1) is 9.53. The average molecular weight is 187 g/mol. The highest BCUT2D eigenvalue weighted by Gasteiger charge is 2.22. The lowest BCUT2D eigenvalue weighted by molar-refractivity contribution is 0.527. The summed E-state index contributed by atoms with van der Waals surface area (Å²) in [5.74, 6) is 0.247. The molecule has 0 nitrogen and oxygen atoms in total. The van der Waals surface area contributed by atoms with Crippen LogP contribution in [0.15, 0.2) is 24.3 Å². The smallest absolute Gasteiger partial charge is 0.126 e. The zero-order valence-electron chi connectivity index (χ0n) is 7.27. The summed E-state index contributed by atoms with van der Waals surface area (Å²) in [6, 6.07) is 6.75. The molecule has 0 saturated heterocycles. The Hall–Kier alpha value is -0.560. The van der Waals surface area contributed by atoms with Gasteiger partial charge in [-0.2, -0.15) is 0 Å². The summed E-state index contributed by atoms with van der Waals surface area (Å²) < 4.78 is 13.2. The zero-order chi connectivity index (χ0) is 9.19. The summed E-state index contributed by atoms with van der Waals surface area (Å²) in [6.45, 7) is 3.86. The van der Waals surface area contributed by atoms with E-state index in [1.54, 1.807) is 12.1 Å². The van der Waals surface area contributed by atoms with E-state index in [0.29, 0.717) is 11.4 Å². The first-order valence-corrected chi connectivity index (χ1v) is 4.42. The molecule has 0 bridgehead atoms. The van der Waals surface area contributed by atoms with Crippen LogP contribution in [-0.4, -0.2) is 5.88 Å². The maximum absolute atomic E-state index is 13.2. The summed E-state index contributed by atoms with van der Waals surface area (Å²) in [4.78, 5) is 0. The average Bonchev–Trinajstić information content (AvgIpc) is 2.05. The van der Waals surface area contributed by atoms with Crippen molar-refractivity contribution in [1.29, 1.82) is 0 Å². The van der Waals surface area contributed by atoms with Gasteiger partial charge in [-0.3, -0.25) is 0 Å². The molecule has 0 aliphatic heterocycles. The van der Waals surface area contributed by atoms with Gasteiger partial charge in [0.25, 0.3) is 0 Å². The molecule has 0 fully saturated rings. The summed E-state index contributed by atoms with van der Waals surface area (Å²) in [6.07, 6.45) is 0. The molecule has 0 amide bonds. The third-order valence-corrected chi connectivity index (χ3v) is 2.61. The van der Waals surface area contributed by atoms with Gasteiger partial charge in [-0.05, 0) is 11.6 Å². The Labute approximate surface area is 77.4 Å². The van der Waals surface area contributed by atoms with E-state index in [4.69, 9.17) is 11.6 Å². The van der Waals surface area contributed by atoms with Gasteiger partial charge in [0.1, 0.15) is 5.82 Å². The van der Waals surface area contributed by atoms with Gasteiger partial charge in [-0.25, -0.2) is 4.39 Å². The highest BCUT2D eigenvalue weighted by atomic mass is 35.5. The predicted octanol–water partition coefficient (Wildman–Crippen LogP) is 3.34. The second-order valence-electron chi connectivity index (χ2n) is 3.50. The standard InChI is InChI=1S/C10H12ClF/c1-10(2,7-11)8-5-3-4-6-9(8)12/h3-6H,7H2,1-2H3. The second kappa shape index (κ2) is 3.44. The van der Waals surface area contributed by atoms with Crippen molar-refractivity contribution in [3.63, 3.8) is 0 Å². The van der Waals surface area contributed by atoms with E-state index in [1.807, 2.05) is 19.9 Å². The molecule has 0 heterocycles. The maximum atomic E-state index is 13.2. The van der Waals surface area contributed by atoms with Crippen LogP contribution in [0.25, 0.3) is 0 Å². The van der Waals surface area contributed by atoms with Gasteiger partial charge in [0, 0.05) is 11.3 Å². The zero-order valence-corrected chi connectivity index (χ0v) is 8.03. The molecule has 66 valence electrons. The molecule has 0 aromatic heterocycles. The Kier molecular flexibility index (Phi) is 2.73. The van der Waals surface area contributed by atoms with E-state index in [2.05, 4.69) is 0 Å². The lowest BCUT2D eigenvalue weighted by atomic mass is 9.86. The molecule has 0 unspecified atom stereocenters. The molecule has 1 rings (SSSR count). The molecule has 1 aromatic rings. The molecular formula is C10H12ClF. The molecule has 0 aliphatic rings. The number of halogens is 2. The minimum absolute atomic E-state index is 0.178. The third kappa shape index (κ3) is 1.78. The van der Waals surface area contributed by atoms with Crippen molar-refractivity contribution in [2.75, 3.05) is 5.88 Å². The molecular weight excluding hydrogens is 175 g/mol. The highest BCUT2D eigenvalue weighted by Crippen LogP contribution is 2.26. The minimum Gasteiger partial charge on any atom is -0.207 e. The van der Waals surface area contributed by atoms with Crippen molar-refractivity contribution < 1.29 is 4.39 Å². The SMILES string of the molecule is CC(C)(CCl)c1ccccc1F. The Morgan fingerprint density at radius 1 is 1.33 bits per heavy atom. The number of hydrogen-bond donors (Lipinski definition) is 0. The Morgan fingerprint density at radius 2 is 1.92 bits per heavy atom. The van der Waals surface area contributed by atoms with Crippen LogP contribution in [0.2, 0.25) is 0 Å². The first-order valence-electron chi connectivity index (χ1n) is 3.89. The fourth-order valence-electron chi connectivity index (χ4n) is 1.08. The van der Waals surface area contributed by atoms with Crippen molar-refractivity contribution in [3.8, 4) is 0 Å². The van der Waals surface area contributed by atoms with E-state index in [1.165, 1.54) is 6.07 Å². The van der Waals surface area contributed by atoms with E-state index < -0.39 is 0 Å². The van der Waals surface area contributed by atoms with Crippen LogP contribution >= 0.6 is 11.6 Å². The summed E-state index contributed by atoms with van der Waals surface area (Å²) in [7, 11) is 0. The van der Waals surface area contributed by atoms with Crippen LogP contribution in [-0.2, 0) is 5.41 Å². The second-order valence-corrected chi connectivity index (χ2v) is 3.76. The molecule has 2 heteroatoms. The minimum atomic E-state index is -0.285. The molecule has 0 radical (unpaired) electrons. The Bertz CT molecular complexity index is 268. The number of hydrogen-bond acceptors (Lipinski definition) is 0. The molecule has 0 N–H and O–H groups in total. The normalized spacial score (nSPS) is 11.7. The van der Waals surface area contributed by atoms with Crippen LogP contribution in [0.5, 0.6) is 0 Å². The third-order valence-electron chi connectivity index (χ3n) is 1.94. The largest absolute Gasteiger partial charge is 0.207 e. The topological polar surface area (TPSA) is 0 Å². The van der Waals surface area contributed by atoms with Crippen LogP contribution in [0.1, 0.15) is 19.4 Å². The van der Waals surface area contributed by atoms with Crippen LogP contribution in [0, 0.1) is 5.82 Å². The fraction of sp³-hybridized carbons (Fsp3) is 0.400. The van der Waals surface area contributed by atoms with Gasteiger partial charge in [0.2, 0.25) is 0 Å². The number of alkyl halides is 1. The van der Waals surface area contributed by atoms with Gasteiger partial charge < -0.3 is 0 Å². The van der Waals surface area contributed by atoms with Crippen molar-refractivity contribution in [1.82, 2.24) is 0 Å². The number of rotatable bonds is 2. The molecule has 1 aromatic carbocycles. The summed E-state index contributed by atoms with van der Waals surface area (Å²) in [5.41, 5.74) is 0.396. The van der Waals surface area contributed by atoms with Crippen LogP contribution < -0.4 is 0 Å². The Morgan fingerprint density at radius 3 is 2.42 bits per heavy atom. The molecule has 0 spiro atoms. The van der Waals surface area contributed by atoms with Gasteiger partial charge in [0.05, 0.1) is 0 Å². The van der Waals surface area contributed by atoms with E-state index in [9.17, 15) is 4.39 Å². The summed E-state index contributed by atoms with van der Waals surface area (Å²) >= 11 is 5.73. The highest BCUT2D eigenvalue weighted by molar-refractivity contribution is 6.18. The predicted molar refractivity (Wildman–Crippen MR) is 50.1 cm³/mol. The summed E-state index contributed by atoms with van der Waals surface area (Å²) in [5, 5.41) is 0. The van der Waals surface area contributed by atoms with Gasteiger partial charge in [-0.1, -0.05) is 32.0 Å². The quantitative estimate of drug-likeness (QED) is 0.622. The molecule has 12 heavy (non-hydrogen) atoms. The van der Waals surface area contributed by atoms with Gasteiger partial charge in [0.15, 0.2) is 0 Å².